The highest BCUT2D eigenvalue weighted by atomic mass is 32.1. The van der Waals surface area contributed by atoms with E-state index in [1.54, 1.807) is 23.5 Å². The van der Waals surface area contributed by atoms with E-state index in [9.17, 15) is 9.18 Å². The number of fused-ring (bicyclic) bond motifs is 3. The van der Waals surface area contributed by atoms with Crippen molar-refractivity contribution in [3.63, 3.8) is 0 Å². The lowest BCUT2D eigenvalue weighted by molar-refractivity contribution is 0.247. The van der Waals surface area contributed by atoms with Crippen LogP contribution < -0.4 is 10.5 Å². The summed E-state index contributed by atoms with van der Waals surface area (Å²) in [5.41, 5.74) is 2.37. The molecule has 3 aromatic rings. The van der Waals surface area contributed by atoms with Crippen LogP contribution in [0.15, 0.2) is 29.1 Å². The van der Waals surface area contributed by atoms with E-state index >= 15 is 0 Å². The summed E-state index contributed by atoms with van der Waals surface area (Å²) >= 11 is 1.72. The van der Waals surface area contributed by atoms with E-state index < -0.39 is 0 Å². The van der Waals surface area contributed by atoms with Crippen LogP contribution in [0.1, 0.15) is 48.7 Å². The average molecular weight is 441 g/mol. The van der Waals surface area contributed by atoms with Crippen molar-refractivity contribution in [2.75, 3.05) is 31.1 Å². The van der Waals surface area contributed by atoms with Gasteiger partial charge in [0.05, 0.1) is 5.39 Å². The lowest BCUT2D eigenvalue weighted by Gasteiger charge is -2.36. The number of benzene rings is 1. The summed E-state index contributed by atoms with van der Waals surface area (Å²) in [5, 5.41) is 0.863. The van der Waals surface area contributed by atoms with Gasteiger partial charge in [-0.3, -0.25) is 14.3 Å². The summed E-state index contributed by atoms with van der Waals surface area (Å²) in [6, 6.07) is 6.89. The maximum Gasteiger partial charge on any atom is 0.264 e. The van der Waals surface area contributed by atoms with Crippen molar-refractivity contribution in [3.8, 4) is 0 Å². The molecule has 2 aliphatic rings. The number of nitrogens with zero attached hydrogens (tertiary/aromatic N) is 4. The standard InChI is InChI=1S/C24H29FN4OS/c1-16(2)29-23(30)21-19-8-3-4-9-20(19)31-22(21)26-24(29)28-12-10-27(11-13-28)15-17-6-5-7-18(25)14-17/h5-7,14,16H,3-4,8-13,15H2,1-2H3. The summed E-state index contributed by atoms with van der Waals surface area (Å²) in [6.45, 7) is 8.23. The Hall–Kier alpha value is -2.25. The fraction of sp³-hybridized carbons (Fsp3) is 0.500. The van der Waals surface area contributed by atoms with E-state index in [1.165, 1.54) is 22.9 Å². The molecule has 1 aromatic carbocycles. The van der Waals surface area contributed by atoms with Crippen LogP contribution in [0, 0.1) is 5.82 Å². The lowest BCUT2D eigenvalue weighted by atomic mass is 9.97. The van der Waals surface area contributed by atoms with Crippen molar-refractivity contribution in [2.45, 2.75) is 52.1 Å². The fourth-order valence-electron chi connectivity index (χ4n) is 4.89. The minimum absolute atomic E-state index is 0.0591. The van der Waals surface area contributed by atoms with E-state index in [2.05, 4.69) is 23.6 Å². The molecule has 164 valence electrons. The number of halogens is 1. The average Bonchev–Trinajstić information content (AvgIpc) is 3.13. The van der Waals surface area contributed by atoms with Crippen molar-refractivity contribution in [2.24, 2.45) is 0 Å². The third-order valence-electron chi connectivity index (χ3n) is 6.47. The smallest absolute Gasteiger partial charge is 0.264 e. The Morgan fingerprint density at radius 1 is 1.13 bits per heavy atom. The minimum Gasteiger partial charge on any atom is -0.340 e. The van der Waals surface area contributed by atoms with Crippen LogP contribution in [0.25, 0.3) is 10.2 Å². The monoisotopic (exact) mass is 440 g/mol. The van der Waals surface area contributed by atoms with Gasteiger partial charge in [-0.1, -0.05) is 12.1 Å². The molecule has 0 bridgehead atoms. The molecule has 0 radical (unpaired) electrons. The van der Waals surface area contributed by atoms with Gasteiger partial charge in [0.1, 0.15) is 10.6 Å². The number of hydrogen-bond acceptors (Lipinski definition) is 5. The Labute approximate surface area is 186 Å². The van der Waals surface area contributed by atoms with E-state index in [0.717, 1.165) is 73.7 Å². The quantitative estimate of drug-likeness (QED) is 0.604. The van der Waals surface area contributed by atoms with Crippen molar-refractivity contribution < 1.29 is 4.39 Å². The van der Waals surface area contributed by atoms with E-state index in [-0.39, 0.29) is 17.4 Å². The Kier molecular flexibility index (Phi) is 5.56. The topological polar surface area (TPSA) is 41.4 Å². The third kappa shape index (κ3) is 3.89. The molecule has 2 aromatic heterocycles. The summed E-state index contributed by atoms with van der Waals surface area (Å²) in [5.74, 6) is 0.615. The van der Waals surface area contributed by atoms with Crippen molar-refractivity contribution >= 4 is 27.5 Å². The fourth-order valence-corrected chi connectivity index (χ4v) is 6.14. The van der Waals surface area contributed by atoms with Crippen molar-refractivity contribution in [1.82, 2.24) is 14.5 Å². The third-order valence-corrected chi connectivity index (χ3v) is 7.65. The van der Waals surface area contributed by atoms with Gasteiger partial charge in [0.15, 0.2) is 0 Å². The molecular weight excluding hydrogens is 411 g/mol. The van der Waals surface area contributed by atoms with E-state index in [0.29, 0.717) is 0 Å². The Bertz CT molecular complexity index is 1160. The molecule has 5 nitrogen and oxygen atoms in total. The Morgan fingerprint density at radius 3 is 2.65 bits per heavy atom. The summed E-state index contributed by atoms with van der Waals surface area (Å²) in [4.78, 5) is 25.5. The minimum atomic E-state index is -0.187. The Morgan fingerprint density at radius 2 is 1.90 bits per heavy atom. The predicted molar refractivity (Wildman–Crippen MR) is 125 cm³/mol. The first kappa shape index (κ1) is 20.6. The molecule has 1 saturated heterocycles. The molecule has 1 aliphatic heterocycles. The van der Waals surface area contributed by atoms with Crippen LogP contribution in [-0.2, 0) is 19.4 Å². The number of anilines is 1. The van der Waals surface area contributed by atoms with Crippen molar-refractivity contribution in [1.29, 1.82) is 0 Å². The molecule has 7 heteroatoms. The van der Waals surface area contributed by atoms with Gasteiger partial charge in [0.2, 0.25) is 5.95 Å². The van der Waals surface area contributed by atoms with Gasteiger partial charge in [-0.25, -0.2) is 9.37 Å². The molecule has 0 saturated carbocycles. The van der Waals surface area contributed by atoms with Gasteiger partial charge >= 0.3 is 0 Å². The first-order chi connectivity index (χ1) is 15.0. The van der Waals surface area contributed by atoms with Crippen LogP contribution >= 0.6 is 11.3 Å². The normalized spacial score (nSPS) is 17.5. The van der Waals surface area contributed by atoms with Gasteiger partial charge in [0.25, 0.3) is 5.56 Å². The molecular formula is C24H29FN4OS. The predicted octanol–water partition coefficient (Wildman–Crippen LogP) is 4.38. The zero-order chi connectivity index (χ0) is 21.5. The molecule has 0 atom stereocenters. The highest BCUT2D eigenvalue weighted by Crippen LogP contribution is 2.35. The SMILES string of the molecule is CC(C)n1c(N2CCN(Cc3cccc(F)c3)CC2)nc2sc3c(c2c1=O)CCCC3. The summed E-state index contributed by atoms with van der Waals surface area (Å²) in [6.07, 6.45) is 4.45. The zero-order valence-corrected chi connectivity index (χ0v) is 19.1. The summed E-state index contributed by atoms with van der Waals surface area (Å²) in [7, 11) is 0. The molecule has 3 heterocycles. The van der Waals surface area contributed by atoms with Crippen LogP contribution in [0.4, 0.5) is 10.3 Å². The maximum atomic E-state index is 13.6. The van der Waals surface area contributed by atoms with Crippen LogP contribution in [0.3, 0.4) is 0 Å². The molecule has 0 unspecified atom stereocenters. The molecule has 1 aliphatic carbocycles. The van der Waals surface area contributed by atoms with Gasteiger partial charge in [0, 0.05) is 43.6 Å². The van der Waals surface area contributed by atoms with Crippen LogP contribution in [0.2, 0.25) is 0 Å². The first-order valence-electron chi connectivity index (χ1n) is 11.3. The molecule has 5 rings (SSSR count). The molecule has 0 N–H and O–H groups in total. The van der Waals surface area contributed by atoms with Gasteiger partial charge in [-0.2, -0.15) is 0 Å². The lowest BCUT2D eigenvalue weighted by Crippen LogP contribution is -2.48. The van der Waals surface area contributed by atoms with Gasteiger partial charge < -0.3 is 4.90 Å². The second-order valence-corrected chi connectivity index (χ2v) is 10.0. The van der Waals surface area contributed by atoms with E-state index in [4.69, 9.17) is 4.98 Å². The highest BCUT2D eigenvalue weighted by Gasteiger charge is 2.27. The zero-order valence-electron chi connectivity index (χ0n) is 18.2. The number of rotatable bonds is 4. The number of thiophene rings is 1. The van der Waals surface area contributed by atoms with E-state index in [1.807, 2.05) is 10.6 Å². The number of aromatic nitrogens is 2. The second-order valence-electron chi connectivity index (χ2n) is 8.96. The first-order valence-corrected chi connectivity index (χ1v) is 12.1. The molecule has 0 spiro atoms. The highest BCUT2D eigenvalue weighted by molar-refractivity contribution is 7.18. The number of piperazine rings is 1. The molecule has 31 heavy (non-hydrogen) atoms. The van der Waals surface area contributed by atoms with Crippen LogP contribution in [0.5, 0.6) is 0 Å². The molecule has 0 amide bonds. The van der Waals surface area contributed by atoms with Gasteiger partial charge in [-0.15, -0.1) is 11.3 Å². The number of hydrogen-bond donors (Lipinski definition) is 0. The van der Waals surface area contributed by atoms with Gasteiger partial charge in [-0.05, 0) is 62.8 Å². The molecule has 1 fully saturated rings. The Balaban J connectivity index is 1.42. The maximum absolute atomic E-state index is 13.6. The second kappa shape index (κ2) is 8.36. The van der Waals surface area contributed by atoms with Crippen molar-refractivity contribution in [3.05, 3.63) is 56.4 Å². The largest absolute Gasteiger partial charge is 0.340 e. The van der Waals surface area contributed by atoms with Crippen LogP contribution in [-0.4, -0.2) is 40.6 Å². The number of aryl methyl sites for hydroxylation is 2. The summed E-state index contributed by atoms with van der Waals surface area (Å²) < 4.78 is 15.4.